The number of piperazine rings is 1. The van der Waals surface area contributed by atoms with Crippen LogP contribution in [0.15, 0.2) is 54.6 Å². The predicted molar refractivity (Wildman–Crippen MR) is 114 cm³/mol. The number of hydrogen-bond acceptors (Lipinski definition) is 5. The van der Waals surface area contributed by atoms with Gasteiger partial charge in [0.25, 0.3) is 0 Å². The zero-order valence-electron chi connectivity index (χ0n) is 17.2. The molecular formula is C23H28N4O3. The van der Waals surface area contributed by atoms with Crippen molar-refractivity contribution in [3.8, 4) is 5.75 Å². The summed E-state index contributed by atoms with van der Waals surface area (Å²) in [7, 11) is 1.63. The van der Waals surface area contributed by atoms with E-state index in [1.54, 1.807) is 7.11 Å². The molecule has 2 atom stereocenters. The van der Waals surface area contributed by atoms with Crippen LogP contribution in [-0.2, 0) is 16.0 Å². The first-order chi connectivity index (χ1) is 14.6. The van der Waals surface area contributed by atoms with Crippen molar-refractivity contribution in [2.75, 3.05) is 33.3 Å². The summed E-state index contributed by atoms with van der Waals surface area (Å²) in [6.45, 7) is 2.87. The van der Waals surface area contributed by atoms with E-state index in [0.29, 0.717) is 25.9 Å². The molecular weight excluding hydrogens is 380 g/mol. The van der Waals surface area contributed by atoms with E-state index in [1.807, 2.05) is 47.4 Å². The Morgan fingerprint density at radius 2 is 1.73 bits per heavy atom. The van der Waals surface area contributed by atoms with Crippen LogP contribution < -0.4 is 15.6 Å². The molecule has 2 unspecified atom stereocenters. The van der Waals surface area contributed by atoms with Crippen molar-refractivity contribution < 1.29 is 14.3 Å². The van der Waals surface area contributed by atoms with Gasteiger partial charge in [0, 0.05) is 38.6 Å². The van der Waals surface area contributed by atoms with Crippen LogP contribution in [0.5, 0.6) is 5.75 Å². The van der Waals surface area contributed by atoms with Gasteiger partial charge in [-0.1, -0.05) is 42.5 Å². The van der Waals surface area contributed by atoms with E-state index in [-0.39, 0.29) is 23.9 Å². The number of hydrazine groups is 1. The first-order valence-electron chi connectivity index (χ1n) is 10.4. The van der Waals surface area contributed by atoms with Crippen LogP contribution in [0.25, 0.3) is 0 Å². The molecule has 2 aliphatic heterocycles. The molecule has 0 saturated carbocycles. The molecule has 0 radical (unpaired) electrons. The Kier molecular flexibility index (Phi) is 6.30. The molecule has 0 aliphatic carbocycles. The van der Waals surface area contributed by atoms with Crippen LogP contribution in [0, 0.1) is 0 Å². The molecule has 0 spiro atoms. The second-order valence-electron chi connectivity index (χ2n) is 7.79. The summed E-state index contributed by atoms with van der Waals surface area (Å²) in [5.74, 6) is 0.932. The quantitative estimate of drug-likeness (QED) is 0.785. The Labute approximate surface area is 177 Å². The molecule has 2 aromatic carbocycles. The molecule has 2 aromatic rings. The third-order valence-electron chi connectivity index (χ3n) is 5.96. The maximum atomic E-state index is 12.7. The molecule has 2 aliphatic rings. The van der Waals surface area contributed by atoms with Crippen molar-refractivity contribution in [3.63, 3.8) is 0 Å². The van der Waals surface area contributed by atoms with Gasteiger partial charge in [-0.15, -0.1) is 0 Å². The number of carbonyl (C=O) groups is 2. The van der Waals surface area contributed by atoms with Gasteiger partial charge in [-0.2, -0.15) is 0 Å². The molecule has 2 heterocycles. The molecule has 7 heteroatoms. The SMILES string of the molecule is COc1ccc(CC(=O)N2CCN(C3CC(=O)NNC3c3ccccc3)CC2)cc1. The first-order valence-corrected chi connectivity index (χ1v) is 10.4. The van der Waals surface area contributed by atoms with Gasteiger partial charge in [0.1, 0.15) is 5.75 Å². The van der Waals surface area contributed by atoms with E-state index in [4.69, 9.17) is 4.74 Å². The molecule has 158 valence electrons. The van der Waals surface area contributed by atoms with Gasteiger partial charge < -0.3 is 9.64 Å². The normalized spacial score (nSPS) is 22.4. The molecule has 2 N–H and O–H groups in total. The molecule has 7 nitrogen and oxygen atoms in total. The average molecular weight is 409 g/mol. The van der Waals surface area contributed by atoms with Crippen LogP contribution >= 0.6 is 0 Å². The number of carbonyl (C=O) groups excluding carboxylic acids is 2. The Morgan fingerprint density at radius 1 is 1.03 bits per heavy atom. The van der Waals surface area contributed by atoms with Crippen molar-refractivity contribution >= 4 is 11.8 Å². The molecule has 2 fully saturated rings. The van der Waals surface area contributed by atoms with Crippen molar-refractivity contribution in [3.05, 3.63) is 65.7 Å². The van der Waals surface area contributed by atoms with Crippen LogP contribution in [0.3, 0.4) is 0 Å². The fourth-order valence-electron chi connectivity index (χ4n) is 4.25. The van der Waals surface area contributed by atoms with Gasteiger partial charge >= 0.3 is 0 Å². The number of ether oxygens (including phenoxy) is 1. The lowest BCUT2D eigenvalue weighted by Gasteiger charge is -2.44. The molecule has 2 saturated heterocycles. The monoisotopic (exact) mass is 408 g/mol. The number of nitrogens with one attached hydrogen (secondary N) is 2. The van der Waals surface area contributed by atoms with Crippen molar-refractivity contribution in [1.82, 2.24) is 20.7 Å². The van der Waals surface area contributed by atoms with Gasteiger partial charge in [-0.3, -0.25) is 19.9 Å². The van der Waals surface area contributed by atoms with E-state index in [1.165, 1.54) is 0 Å². The van der Waals surface area contributed by atoms with Gasteiger partial charge in [0.2, 0.25) is 11.8 Å². The molecule has 0 aromatic heterocycles. The van der Waals surface area contributed by atoms with Crippen molar-refractivity contribution in [1.29, 1.82) is 0 Å². The standard InChI is InChI=1S/C23H28N4O3/c1-30-19-9-7-17(8-10-19)15-22(29)27-13-11-26(12-14-27)20-16-21(28)24-25-23(20)18-5-3-2-4-6-18/h2-10,20,23,25H,11-16H2,1H3,(H,24,28). The number of nitrogens with zero attached hydrogens (tertiary/aromatic N) is 2. The predicted octanol–water partition coefficient (Wildman–Crippen LogP) is 1.52. The average Bonchev–Trinajstić information content (AvgIpc) is 2.80. The van der Waals surface area contributed by atoms with Gasteiger partial charge in [-0.25, -0.2) is 5.43 Å². The number of methoxy groups -OCH3 is 1. The number of rotatable bonds is 5. The Bertz CT molecular complexity index is 864. The highest BCUT2D eigenvalue weighted by Gasteiger charge is 2.36. The van der Waals surface area contributed by atoms with Crippen LogP contribution in [-0.4, -0.2) is 60.9 Å². The topological polar surface area (TPSA) is 73.9 Å². The van der Waals surface area contributed by atoms with Gasteiger partial charge in [0.05, 0.1) is 19.6 Å². The Morgan fingerprint density at radius 3 is 2.40 bits per heavy atom. The van der Waals surface area contributed by atoms with Crippen molar-refractivity contribution in [2.24, 2.45) is 0 Å². The maximum Gasteiger partial charge on any atom is 0.235 e. The van der Waals surface area contributed by atoms with E-state index >= 15 is 0 Å². The summed E-state index contributed by atoms with van der Waals surface area (Å²) in [6, 6.07) is 17.9. The summed E-state index contributed by atoms with van der Waals surface area (Å²) < 4.78 is 5.17. The molecule has 2 amide bonds. The fraction of sp³-hybridized carbons (Fsp3) is 0.391. The summed E-state index contributed by atoms with van der Waals surface area (Å²) in [5.41, 5.74) is 8.09. The molecule has 0 bridgehead atoms. The molecule has 30 heavy (non-hydrogen) atoms. The number of benzene rings is 2. The van der Waals surface area contributed by atoms with E-state index in [0.717, 1.165) is 30.0 Å². The van der Waals surface area contributed by atoms with Gasteiger partial charge in [0.15, 0.2) is 0 Å². The van der Waals surface area contributed by atoms with E-state index < -0.39 is 0 Å². The lowest BCUT2D eigenvalue weighted by Crippen LogP contribution is -2.60. The summed E-state index contributed by atoms with van der Waals surface area (Å²) >= 11 is 0. The third kappa shape index (κ3) is 4.63. The van der Waals surface area contributed by atoms with Crippen molar-refractivity contribution in [2.45, 2.75) is 24.9 Å². The number of hydrogen-bond donors (Lipinski definition) is 2. The van der Waals surface area contributed by atoms with E-state index in [2.05, 4.69) is 27.9 Å². The van der Waals surface area contributed by atoms with E-state index in [9.17, 15) is 9.59 Å². The largest absolute Gasteiger partial charge is 0.497 e. The number of amides is 2. The lowest BCUT2D eigenvalue weighted by atomic mass is 9.93. The lowest BCUT2D eigenvalue weighted by molar-refractivity contribution is -0.134. The third-order valence-corrected chi connectivity index (χ3v) is 5.96. The second-order valence-corrected chi connectivity index (χ2v) is 7.79. The summed E-state index contributed by atoms with van der Waals surface area (Å²) in [4.78, 5) is 29.0. The molecule has 4 rings (SSSR count). The Balaban J connectivity index is 1.36. The minimum absolute atomic E-state index is 0.00481. The van der Waals surface area contributed by atoms with Crippen LogP contribution in [0.1, 0.15) is 23.6 Å². The summed E-state index contributed by atoms with van der Waals surface area (Å²) in [6.07, 6.45) is 0.844. The fourth-order valence-corrected chi connectivity index (χ4v) is 4.25. The minimum Gasteiger partial charge on any atom is -0.497 e. The zero-order valence-corrected chi connectivity index (χ0v) is 17.2. The highest BCUT2D eigenvalue weighted by molar-refractivity contribution is 5.79. The first kappa shape index (κ1) is 20.4. The van der Waals surface area contributed by atoms with Gasteiger partial charge in [-0.05, 0) is 23.3 Å². The van der Waals surface area contributed by atoms with Crippen LogP contribution in [0.2, 0.25) is 0 Å². The smallest absolute Gasteiger partial charge is 0.235 e. The highest BCUT2D eigenvalue weighted by atomic mass is 16.5. The maximum absolute atomic E-state index is 12.7. The summed E-state index contributed by atoms with van der Waals surface area (Å²) in [5, 5.41) is 0. The highest BCUT2D eigenvalue weighted by Crippen LogP contribution is 2.26. The zero-order chi connectivity index (χ0) is 20.9. The second kappa shape index (κ2) is 9.28. The minimum atomic E-state index is 0.00481. The Hall–Kier alpha value is -2.90. The van der Waals surface area contributed by atoms with Crippen LogP contribution in [0.4, 0.5) is 0 Å².